The van der Waals surface area contributed by atoms with Gasteiger partial charge in [0.2, 0.25) is 5.91 Å². The van der Waals surface area contributed by atoms with E-state index in [0.717, 1.165) is 18.4 Å². The molecule has 4 heteroatoms. The van der Waals surface area contributed by atoms with Crippen LogP contribution in [-0.2, 0) is 14.3 Å². The third-order valence-electron chi connectivity index (χ3n) is 3.31. The second-order valence-electron chi connectivity index (χ2n) is 4.40. The molecule has 1 amide bonds. The largest absolute Gasteiger partial charge is 0.440 e. The molecule has 3 rings (SSSR count). The average molecular weight is 231 g/mol. The summed E-state index contributed by atoms with van der Waals surface area (Å²) >= 11 is 0. The van der Waals surface area contributed by atoms with Gasteiger partial charge in [0.05, 0.1) is 0 Å². The van der Waals surface area contributed by atoms with Gasteiger partial charge in [-0.25, -0.2) is 4.79 Å². The van der Waals surface area contributed by atoms with Crippen LogP contribution in [-0.4, -0.2) is 23.0 Å². The Balaban J connectivity index is 1.98. The first-order valence-electron chi connectivity index (χ1n) is 5.84. The van der Waals surface area contributed by atoms with Crippen molar-refractivity contribution in [1.82, 2.24) is 4.90 Å². The maximum absolute atomic E-state index is 11.9. The maximum Gasteiger partial charge on any atom is 0.335 e. The summed E-state index contributed by atoms with van der Waals surface area (Å²) < 4.78 is 5.27. The summed E-state index contributed by atoms with van der Waals surface area (Å²) in [7, 11) is 0. The van der Waals surface area contributed by atoms with Gasteiger partial charge >= 0.3 is 5.97 Å². The summed E-state index contributed by atoms with van der Waals surface area (Å²) in [6.07, 6.45) is 1.71. The van der Waals surface area contributed by atoms with E-state index in [4.69, 9.17) is 4.74 Å². The first kappa shape index (κ1) is 10.3. The van der Waals surface area contributed by atoms with E-state index in [1.54, 1.807) is 4.90 Å². The second kappa shape index (κ2) is 3.87. The molecule has 2 aliphatic heterocycles. The van der Waals surface area contributed by atoms with Crippen LogP contribution in [0.15, 0.2) is 30.3 Å². The van der Waals surface area contributed by atoms with Crippen molar-refractivity contribution in [3.63, 3.8) is 0 Å². The van der Waals surface area contributed by atoms with Gasteiger partial charge in [-0.15, -0.1) is 0 Å². The third-order valence-corrected chi connectivity index (χ3v) is 3.31. The number of esters is 1. The van der Waals surface area contributed by atoms with E-state index in [9.17, 15) is 9.59 Å². The van der Waals surface area contributed by atoms with Crippen LogP contribution in [0.25, 0.3) is 0 Å². The Hall–Kier alpha value is -1.84. The number of carbonyl (C=O) groups is 2. The zero-order chi connectivity index (χ0) is 11.8. The minimum absolute atomic E-state index is 0.0148. The molecule has 4 nitrogen and oxygen atoms in total. The van der Waals surface area contributed by atoms with Crippen molar-refractivity contribution in [2.75, 3.05) is 0 Å². The highest BCUT2D eigenvalue weighted by molar-refractivity contribution is 5.88. The lowest BCUT2D eigenvalue weighted by molar-refractivity contribution is -0.146. The van der Waals surface area contributed by atoms with Gasteiger partial charge < -0.3 is 4.74 Å². The number of nitrogens with zero attached hydrogens (tertiary/aromatic N) is 1. The fourth-order valence-electron chi connectivity index (χ4n) is 2.53. The molecule has 0 N–H and O–H groups in total. The lowest BCUT2D eigenvalue weighted by atomic mass is 10.0. The monoisotopic (exact) mass is 231 g/mol. The van der Waals surface area contributed by atoms with E-state index < -0.39 is 6.04 Å². The van der Waals surface area contributed by atoms with Crippen molar-refractivity contribution in [2.24, 2.45) is 0 Å². The summed E-state index contributed by atoms with van der Waals surface area (Å²) in [5.41, 5.74) is 0.829. The molecule has 1 aromatic carbocycles. The van der Waals surface area contributed by atoms with Gasteiger partial charge in [0.25, 0.3) is 0 Å². The molecule has 2 saturated heterocycles. The van der Waals surface area contributed by atoms with Crippen LogP contribution in [0.2, 0.25) is 0 Å². The number of ether oxygens (including phenoxy) is 1. The second-order valence-corrected chi connectivity index (χ2v) is 4.40. The molecule has 2 heterocycles. The minimum Gasteiger partial charge on any atom is -0.440 e. The van der Waals surface area contributed by atoms with Crippen molar-refractivity contribution >= 4 is 11.9 Å². The molecular formula is C13H13NO3. The molecule has 0 radical (unpaired) electrons. The predicted octanol–water partition coefficient (Wildman–Crippen LogP) is 1.62. The van der Waals surface area contributed by atoms with E-state index in [1.807, 2.05) is 30.3 Å². The molecule has 88 valence electrons. The number of hydrogen-bond acceptors (Lipinski definition) is 3. The number of rotatable bonds is 1. The van der Waals surface area contributed by atoms with Crippen molar-refractivity contribution < 1.29 is 14.3 Å². The highest BCUT2D eigenvalue weighted by Crippen LogP contribution is 2.36. The molecule has 0 aliphatic carbocycles. The number of fused-ring (bicyclic) bond motifs is 1. The quantitative estimate of drug-likeness (QED) is 0.690. The Morgan fingerprint density at radius 2 is 1.94 bits per heavy atom. The molecule has 0 bridgehead atoms. The van der Waals surface area contributed by atoms with Crippen LogP contribution in [0.1, 0.15) is 30.9 Å². The van der Waals surface area contributed by atoms with Crippen LogP contribution in [0.3, 0.4) is 0 Å². The SMILES string of the molecule is O=C1O[C@H]2CCCC(=O)N2[C@@H]1c1ccccc1. The van der Waals surface area contributed by atoms with Gasteiger partial charge in [-0.3, -0.25) is 9.69 Å². The molecule has 2 aliphatic rings. The first-order valence-corrected chi connectivity index (χ1v) is 5.84. The number of carbonyl (C=O) groups excluding carboxylic acids is 2. The molecule has 2 atom stereocenters. The molecule has 0 spiro atoms. The minimum atomic E-state index is -0.547. The maximum atomic E-state index is 11.9. The summed E-state index contributed by atoms with van der Waals surface area (Å²) in [6.45, 7) is 0. The Morgan fingerprint density at radius 3 is 2.71 bits per heavy atom. The summed E-state index contributed by atoms with van der Waals surface area (Å²) in [6, 6.07) is 8.79. The summed E-state index contributed by atoms with van der Waals surface area (Å²) in [5, 5.41) is 0. The first-order chi connectivity index (χ1) is 8.27. The molecule has 0 saturated carbocycles. The highest BCUT2D eigenvalue weighted by atomic mass is 16.6. The van der Waals surface area contributed by atoms with E-state index in [2.05, 4.69) is 0 Å². The third kappa shape index (κ3) is 1.60. The van der Waals surface area contributed by atoms with Gasteiger partial charge in [-0.2, -0.15) is 0 Å². The number of benzene rings is 1. The molecule has 2 fully saturated rings. The predicted molar refractivity (Wildman–Crippen MR) is 59.8 cm³/mol. The van der Waals surface area contributed by atoms with Crippen LogP contribution < -0.4 is 0 Å². The van der Waals surface area contributed by atoms with Gasteiger partial charge in [-0.1, -0.05) is 30.3 Å². The van der Waals surface area contributed by atoms with Crippen molar-refractivity contribution in [3.8, 4) is 0 Å². The number of hydrogen-bond donors (Lipinski definition) is 0. The Kier molecular flexibility index (Phi) is 2.35. The van der Waals surface area contributed by atoms with Gasteiger partial charge in [0, 0.05) is 12.8 Å². The molecular weight excluding hydrogens is 218 g/mol. The van der Waals surface area contributed by atoms with Crippen LogP contribution in [0.5, 0.6) is 0 Å². The zero-order valence-corrected chi connectivity index (χ0v) is 9.33. The molecule has 0 aromatic heterocycles. The highest BCUT2D eigenvalue weighted by Gasteiger charge is 2.47. The van der Waals surface area contributed by atoms with E-state index in [1.165, 1.54) is 0 Å². The molecule has 0 unspecified atom stereocenters. The molecule has 1 aromatic rings. The standard InChI is InChI=1S/C13H13NO3/c15-10-7-4-8-11-14(10)12(13(16)17-11)9-5-2-1-3-6-9/h1-3,5-6,11-12H,4,7-8H2/t11-,12+/m0/s1. The van der Waals surface area contributed by atoms with Crippen molar-refractivity contribution in [2.45, 2.75) is 31.5 Å². The lowest BCUT2D eigenvalue weighted by Crippen LogP contribution is -2.41. The average Bonchev–Trinajstić information content (AvgIpc) is 2.68. The smallest absolute Gasteiger partial charge is 0.335 e. The van der Waals surface area contributed by atoms with E-state index in [-0.39, 0.29) is 18.1 Å². The summed E-state index contributed by atoms with van der Waals surface area (Å²) in [5.74, 6) is -0.294. The van der Waals surface area contributed by atoms with Gasteiger partial charge in [0.15, 0.2) is 12.3 Å². The van der Waals surface area contributed by atoms with Crippen LogP contribution >= 0.6 is 0 Å². The van der Waals surface area contributed by atoms with Gasteiger partial charge in [0.1, 0.15) is 0 Å². The van der Waals surface area contributed by atoms with Crippen molar-refractivity contribution in [3.05, 3.63) is 35.9 Å². The van der Waals surface area contributed by atoms with E-state index >= 15 is 0 Å². The fourth-order valence-corrected chi connectivity index (χ4v) is 2.53. The topological polar surface area (TPSA) is 46.6 Å². The normalized spacial score (nSPS) is 27.9. The number of amides is 1. The Labute approximate surface area is 99.2 Å². The Morgan fingerprint density at radius 1 is 1.18 bits per heavy atom. The lowest BCUT2D eigenvalue weighted by Gasteiger charge is -2.30. The zero-order valence-electron chi connectivity index (χ0n) is 9.33. The molecule has 17 heavy (non-hydrogen) atoms. The number of piperidine rings is 1. The van der Waals surface area contributed by atoms with Crippen LogP contribution in [0, 0.1) is 0 Å². The Bertz CT molecular complexity index is 457. The van der Waals surface area contributed by atoms with Crippen molar-refractivity contribution in [1.29, 1.82) is 0 Å². The fraction of sp³-hybridized carbons (Fsp3) is 0.385. The van der Waals surface area contributed by atoms with Gasteiger partial charge in [-0.05, 0) is 12.0 Å². The summed E-state index contributed by atoms with van der Waals surface area (Å²) in [4.78, 5) is 25.4. The van der Waals surface area contributed by atoms with Crippen LogP contribution in [0.4, 0.5) is 0 Å². The van der Waals surface area contributed by atoms with E-state index in [0.29, 0.717) is 6.42 Å².